The smallest absolute Gasteiger partial charge is 0.0144 e. The lowest BCUT2D eigenvalue weighted by molar-refractivity contribution is 0.143. The molecule has 19 heavy (non-hydrogen) atoms. The van der Waals surface area contributed by atoms with E-state index < -0.39 is 0 Å². The van der Waals surface area contributed by atoms with Crippen LogP contribution in [0.25, 0.3) is 0 Å². The molecule has 1 aliphatic heterocycles. The molecule has 1 aliphatic carbocycles. The average molecular weight is 266 g/mol. The van der Waals surface area contributed by atoms with E-state index in [4.69, 9.17) is 0 Å². The molecule has 2 nitrogen and oxygen atoms in total. The molecule has 2 aliphatic rings. The fourth-order valence-electron chi connectivity index (χ4n) is 4.37. The van der Waals surface area contributed by atoms with E-state index in [1.807, 2.05) is 0 Å². The summed E-state index contributed by atoms with van der Waals surface area (Å²) in [6.07, 6.45) is 11.2. The van der Waals surface area contributed by atoms with Crippen molar-refractivity contribution in [3.05, 3.63) is 0 Å². The maximum atomic E-state index is 3.89. The first-order chi connectivity index (χ1) is 8.86. The monoisotopic (exact) mass is 266 g/mol. The van der Waals surface area contributed by atoms with Gasteiger partial charge in [-0.25, -0.2) is 0 Å². The lowest BCUT2D eigenvalue weighted by Gasteiger charge is -2.47. The van der Waals surface area contributed by atoms with Crippen LogP contribution in [0.5, 0.6) is 0 Å². The van der Waals surface area contributed by atoms with Crippen molar-refractivity contribution in [3.63, 3.8) is 0 Å². The average Bonchev–Trinajstić information content (AvgIpc) is 2.50. The Morgan fingerprint density at radius 3 is 1.95 bits per heavy atom. The predicted octanol–water partition coefficient (Wildman–Crippen LogP) is 3.86. The van der Waals surface area contributed by atoms with E-state index in [0.717, 1.165) is 5.92 Å². The third-order valence-corrected chi connectivity index (χ3v) is 4.86. The van der Waals surface area contributed by atoms with E-state index in [0.29, 0.717) is 6.04 Å². The molecule has 112 valence electrons. The summed E-state index contributed by atoms with van der Waals surface area (Å²) in [5.74, 6) is 0.934. The summed E-state index contributed by atoms with van der Waals surface area (Å²) >= 11 is 0. The highest BCUT2D eigenvalue weighted by Gasteiger charge is 2.37. The molecule has 0 bridgehead atoms. The number of nitrogens with one attached hydrogen (secondary N) is 2. The maximum absolute atomic E-state index is 3.89. The fraction of sp³-hybridized carbons (Fsp3) is 1.00. The number of hydrogen-bond acceptors (Lipinski definition) is 2. The van der Waals surface area contributed by atoms with Gasteiger partial charge in [0.1, 0.15) is 0 Å². The molecular weight excluding hydrogens is 232 g/mol. The van der Waals surface area contributed by atoms with E-state index in [1.165, 1.54) is 57.9 Å². The van der Waals surface area contributed by atoms with Crippen molar-refractivity contribution in [2.75, 3.05) is 6.54 Å². The lowest BCUT2D eigenvalue weighted by atomic mass is 9.79. The number of piperidine rings is 1. The van der Waals surface area contributed by atoms with Crippen LogP contribution in [-0.2, 0) is 0 Å². The molecule has 0 aromatic heterocycles. The van der Waals surface area contributed by atoms with Crippen LogP contribution < -0.4 is 10.6 Å². The Morgan fingerprint density at radius 2 is 1.42 bits per heavy atom. The minimum absolute atomic E-state index is 0.267. The van der Waals surface area contributed by atoms with Gasteiger partial charge in [0.2, 0.25) is 0 Å². The van der Waals surface area contributed by atoms with Crippen LogP contribution in [-0.4, -0.2) is 23.7 Å². The van der Waals surface area contributed by atoms with Crippen LogP contribution in [0, 0.1) is 5.92 Å². The van der Waals surface area contributed by atoms with Gasteiger partial charge in [-0.05, 0) is 65.8 Å². The van der Waals surface area contributed by atoms with Gasteiger partial charge in [-0.2, -0.15) is 0 Å². The van der Waals surface area contributed by atoms with Gasteiger partial charge < -0.3 is 10.6 Å². The molecule has 0 aromatic rings. The van der Waals surface area contributed by atoms with Gasteiger partial charge in [0, 0.05) is 17.1 Å². The first-order valence-corrected chi connectivity index (χ1v) is 8.39. The van der Waals surface area contributed by atoms with Gasteiger partial charge in [-0.15, -0.1) is 0 Å². The lowest BCUT2D eigenvalue weighted by Crippen LogP contribution is -2.61. The third-order valence-electron chi connectivity index (χ3n) is 4.86. The van der Waals surface area contributed by atoms with Crippen molar-refractivity contribution in [2.24, 2.45) is 5.92 Å². The summed E-state index contributed by atoms with van der Waals surface area (Å²) in [6, 6.07) is 0.689. The summed E-state index contributed by atoms with van der Waals surface area (Å²) in [6.45, 7) is 10.6. The zero-order valence-corrected chi connectivity index (χ0v) is 13.5. The normalized spacial score (nSPS) is 29.1. The topological polar surface area (TPSA) is 24.1 Å². The van der Waals surface area contributed by atoms with Crippen molar-refractivity contribution in [1.82, 2.24) is 10.6 Å². The molecule has 1 saturated heterocycles. The van der Waals surface area contributed by atoms with Crippen LogP contribution in [0.15, 0.2) is 0 Å². The standard InChI is InChI=1S/C17H34N2/c1-16(2)11-15(12-17(3,4)19-16)18-13-14-9-7-5-6-8-10-14/h14-15,18-19H,5-13H2,1-4H3. The summed E-state index contributed by atoms with van der Waals surface area (Å²) < 4.78 is 0. The van der Waals surface area contributed by atoms with Crippen LogP contribution >= 0.6 is 0 Å². The van der Waals surface area contributed by atoms with Gasteiger partial charge in [0.25, 0.3) is 0 Å². The van der Waals surface area contributed by atoms with Gasteiger partial charge in [-0.1, -0.05) is 25.7 Å². The molecule has 0 unspecified atom stereocenters. The first kappa shape index (κ1) is 15.3. The second-order valence-electron chi connectivity index (χ2n) is 8.26. The fourth-order valence-corrected chi connectivity index (χ4v) is 4.37. The summed E-state index contributed by atoms with van der Waals surface area (Å²) in [7, 11) is 0. The molecule has 2 rings (SSSR count). The van der Waals surface area contributed by atoms with Crippen molar-refractivity contribution < 1.29 is 0 Å². The number of rotatable bonds is 3. The molecule has 0 atom stereocenters. The van der Waals surface area contributed by atoms with Crippen LogP contribution in [0.4, 0.5) is 0 Å². The highest BCUT2D eigenvalue weighted by molar-refractivity contribution is 4.99. The van der Waals surface area contributed by atoms with Crippen LogP contribution in [0.1, 0.15) is 79.1 Å². The predicted molar refractivity (Wildman–Crippen MR) is 83.5 cm³/mol. The minimum atomic E-state index is 0.267. The van der Waals surface area contributed by atoms with E-state index in [2.05, 4.69) is 38.3 Å². The Balaban J connectivity index is 1.81. The Bertz CT molecular complexity index is 259. The Hall–Kier alpha value is -0.0800. The van der Waals surface area contributed by atoms with Gasteiger partial charge in [-0.3, -0.25) is 0 Å². The van der Waals surface area contributed by atoms with Gasteiger partial charge in [0.05, 0.1) is 0 Å². The third kappa shape index (κ3) is 5.07. The van der Waals surface area contributed by atoms with E-state index in [-0.39, 0.29) is 11.1 Å². The zero-order chi connectivity index (χ0) is 13.9. The second kappa shape index (κ2) is 6.13. The molecule has 2 heteroatoms. The van der Waals surface area contributed by atoms with Crippen molar-refractivity contribution >= 4 is 0 Å². The SMILES string of the molecule is CC1(C)CC(NCC2CCCCCC2)CC(C)(C)N1. The van der Waals surface area contributed by atoms with Crippen LogP contribution in [0.2, 0.25) is 0 Å². The summed E-state index contributed by atoms with van der Waals surface area (Å²) in [5, 5.41) is 7.66. The first-order valence-electron chi connectivity index (χ1n) is 8.39. The molecule has 0 aromatic carbocycles. The van der Waals surface area contributed by atoms with Crippen molar-refractivity contribution in [2.45, 2.75) is 96.2 Å². The Morgan fingerprint density at radius 1 is 0.895 bits per heavy atom. The van der Waals surface area contributed by atoms with Crippen LogP contribution in [0.3, 0.4) is 0 Å². The highest BCUT2D eigenvalue weighted by Crippen LogP contribution is 2.29. The quantitative estimate of drug-likeness (QED) is 0.758. The molecule has 1 saturated carbocycles. The van der Waals surface area contributed by atoms with E-state index >= 15 is 0 Å². The Kier molecular flexibility index (Phi) is 4.94. The molecule has 2 fully saturated rings. The van der Waals surface area contributed by atoms with E-state index in [1.54, 1.807) is 0 Å². The zero-order valence-electron chi connectivity index (χ0n) is 13.5. The molecule has 0 spiro atoms. The minimum Gasteiger partial charge on any atom is -0.314 e. The summed E-state index contributed by atoms with van der Waals surface area (Å²) in [5.41, 5.74) is 0.533. The summed E-state index contributed by atoms with van der Waals surface area (Å²) in [4.78, 5) is 0. The van der Waals surface area contributed by atoms with Gasteiger partial charge >= 0.3 is 0 Å². The van der Waals surface area contributed by atoms with Crippen molar-refractivity contribution in [1.29, 1.82) is 0 Å². The second-order valence-corrected chi connectivity index (χ2v) is 8.26. The van der Waals surface area contributed by atoms with E-state index in [9.17, 15) is 0 Å². The molecule has 1 heterocycles. The molecule has 0 amide bonds. The molecule has 2 N–H and O–H groups in total. The van der Waals surface area contributed by atoms with Crippen molar-refractivity contribution in [3.8, 4) is 0 Å². The molecule has 0 radical (unpaired) electrons. The maximum Gasteiger partial charge on any atom is 0.0144 e. The number of hydrogen-bond donors (Lipinski definition) is 2. The largest absolute Gasteiger partial charge is 0.314 e. The van der Waals surface area contributed by atoms with Gasteiger partial charge in [0.15, 0.2) is 0 Å². The molecular formula is C17H34N2. The highest BCUT2D eigenvalue weighted by atomic mass is 15.1. The Labute approximate surface area is 120 Å².